The van der Waals surface area contributed by atoms with Crippen molar-refractivity contribution in [3.8, 4) is 5.69 Å². The smallest absolute Gasteiger partial charge is 0.248 e. The zero-order chi connectivity index (χ0) is 19.9. The lowest BCUT2D eigenvalue weighted by molar-refractivity contribution is -0.111. The average Bonchev–Trinajstić information content (AvgIpc) is 3.23. The van der Waals surface area contributed by atoms with Gasteiger partial charge in [-0.05, 0) is 61.8 Å². The van der Waals surface area contributed by atoms with Crippen molar-refractivity contribution in [1.82, 2.24) is 14.7 Å². The minimum Gasteiger partial charge on any atom is -0.323 e. The number of hydrogen-bond acceptors (Lipinski definition) is 3. The van der Waals surface area contributed by atoms with Gasteiger partial charge < -0.3 is 5.32 Å². The molecule has 3 aromatic rings. The number of nitrogens with zero attached hydrogens (tertiary/aromatic N) is 3. The van der Waals surface area contributed by atoms with Gasteiger partial charge in [0.05, 0.1) is 11.9 Å². The molecule has 1 aliphatic rings. The Labute approximate surface area is 171 Å². The van der Waals surface area contributed by atoms with Gasteiger partial charge in [-0.1, -0.05) is 36.8 Å². The van der Waals surface area contributed by atoms with Crippen molar-refractivity contribution in [2.45, 2.75) is 25.8 Å². The van der Waals surface area contributed by atoms with Crippen LogP contribution < -0.4 is 5.32 Å². The average molecular weight is 386 g/mol. The van der Waals surface area contributed by atoms with Gasteiger partial charge in [-0.2, -0.15) is 5.10 Å². The molecule has 2 aromatic carbocycles. The Bertz CT molecular complexity index is 971. The first kappa shape index (κ1) is 19.2. The van der Waals surface area contributed by atoms with Crippen molar-refractivity contribution < 1.29 is 4.79 Å². The van der Waals surface area contributed by atoms with Crippen LogP contribution in [-0.4, -0.2) is 33.7 Å². The van der Waals surface area contributed by atoms with E-state index in [0.717, 1.165) is 36.6 Å². The molecule has 0 atom stereocenters. The fourth-order valence-corrected chi connectivity index (χ4v) is 3.62. The molecule has 0 unspecified atom stereocenters. The predicted molar refractivity (Wildman–Crippen MR) is 117 cm³/mol. The Balaban J connectivity index is 1.35. The number of aromatic nitrogens is 2. The van der Waals surface area contributed by atoms with E-state index in [-0.39, 0.29) is 5.91 Å². The highest BCUT2D eigenvalue weighted by Crippen LogP contribution is 2.16. The van der Waals surface area contributed by atoms with E-state index >= 15 is 0 Å². The minimum atomic E-state index is -0.146. The normalized spacial score (nSPS) is 14.9. The summed E-state index contributed by atoms with van der Waals surface area (Å²) in [4.78, 5) is 14.8. The van der Waals surface area contributed by atoms with Gasteiger partial charge in [0, 0.05) is 30.1 Å². The van der Waals surface area contributed by atoms with Crippen LogP contribution in [0.2, 0.25) is 0 Å². The molecular weight excluding hydrogens is 360 g/mol. The quantitative estimate of drug-likeness (QED) is 0.634. The van der Waals surface area contributed by atoms with Crippen molar-refractivity contribution in [3.05, 3.63) is 84.2 Å². The molecule has 2 heterocycles. The third-order valence-corrected chi connectivity index (χ3v) is 5.10. The lowest BCUT2D eigenvalue weighted by atomic mass is 10.1. The van der Waals surface area contributed by atoms with Crippen LogP contribution in [0.15, 0.2) is 73.1 Å². The Morgan fingerprint density at radius 3 is 2.69 bits per heavy atom. The molecule has 1 fully saturated rings. The molecule has 1 saturated heterocycles. The molecule has 0 bridgehead atoms. The summed E-state index contributed by atoms with van der Waals surface area (Å²) in [6.07, 6.45) is 10.9. The maximum Gasteiger partial charge on any atom is 0.248 e. The first-order chi connectivity index (χ1) is 14.3. The minimum absolute atomic E-state index is 0.146. The Kier molecular flexibility index (Phi) is 6.17. The fourth-order valence-electron chi connectivity index (χ4n) is 3.62. The van der Waals surface area contributed by atoms with Gasteiger partial charge >= 0.3 is 0 Å². The molecule has 4 rings (SSSR count). The lowest BCUT2D eigenvalue weighted by Crippen LogP contribution is -2.29. The van der Waals surface area contributed by atoms with E-state index in [9.17, 15) is 4.79 Å². The van der Waals surface area contributed by atoms with E-state index in [0.29, 0.717) is 0 Å². The number of likely N-dealkylation sites (tertiary alicyclic amines) is 1. The number of carbonyl (C=O) groups is 1. The summed E-state index contributed by atoms with van der Waals surface area (Å²) in [5.74, 6) is -0.146. The molecule has 148 valence electrons. The number of benzene rings is 2. The van der Waals surface area contributed by atoms with Crippen LogP contribution in [0.5, 0.6) is 0 Å². The maximum atomic E-state index is 12.3. The van der Waals surface area contributed by atoms with Crippen molar-refractivity contribution in [1.29, 1.82) is 0 Å². The van der Waals surface area contributed by atoms with Crippen molar-refractivity contribution in [3.63, 3.8) is 0 Å². The third-order valence-electron chi connectivity index (χ3n) is 5.10. The molecular formula is C24H26N4O. The van der Waals surface area contributed by atoms with Gasteiger partial charge in [0.1, 0.15) is 0 Å². The molecule has 1 aromatic heterocycles. The molecule has 5 heteroatoms. The first-order valence-electron chi connectivity index (χ1n) is 10.2. The number of nitrogens with one attached hydrogen (secondary N) is 1. The summed E-state index contributed by atoms with van der Waals surface area (Å²) in [6.45, 7) is 3.27. The summed E-state index contributed by atoms with van der Waals surface area (Å²) < 4.78 is 1.79. The number of piperidine rings is 1. The lowest BCUT2D eigenvalue weighted by Gasteiger charge is -2.26. The molecule has 0 radical (unpaired) electrons. The van der Waals surface area contributed by atoms with E-state index in [1.807, 2.05) is 48.7 Å². The number of carbonyl (C=O) groups excluding carboxylic acids is 1. The Morgan fingerprint density at radius 1 is 1.03 bits per heavy atom. The fraction of sp³-hybridized carbons (Fsp3) is 0.250. The maximum absolute atomic E-state index is 12.3. The van der Waals surface area contributed by atoms with Crippen LogP contribution in [-0.2, 0) is 11.3 Å². The molecule has 5 nitrogen and oxygen atoms in total. The topological polar surface area (TPSA) is 50.2 Å². The Morgan fingerprint density at radius 2 is 1.86 bits per heavy atom. The van der Waals surface area contributed by atoms with Crippen LogP contribution in [0, 0.1) is 0 Å². The molecule has 29 heavy (non-hydrogen) atoms. The summed E-state index contributed by atoms with van der Waals surface area (Å²) in [5, 5.41) is 7.30. The highest BCUT2D eigenvalue weighted by atomic mass is 16.1. The summed E-state index contributed by atoms with van der Waals surface area (Å²) in [5.41, 5.74) is 3.93. The van der Waals surface area contributed by atoms with E-state index in [1.165, 1.54) is 24.8 Å². The van der Waals surface area contributed by atoms with Gasteiger partial charge in [-0.25, -0.2) is 4.68 Å². The second-order valence-electron chi connectivity index (χ2n) is 7.41. The van der Waals surface area contributed by atoms with Gasteiger partial charge in [0.2, 0.25) is 5.91 Å². The summed E-state index contributed by atoms with van der Waals surface area (Å²) in [6, 6.07) is 18.0. The molecule has 1 amide bonds. The van der Waals surface area contributed by atoms with Gasteiger partial charge in [-0.3, -0.25) is 9.69 Å². The van der Waals surface area contributed by atoms with Crippen molar-refractivity contribution in [2.75, 3.05) is 18.4 Å². The number of para-hydroxylation sites is 1. The molecule has 0 saturated carbocycles. The highest BCUT2D eigenvalue weighted by Gasteiger charge is 2.10. The first-order valence-corrected chi connectivity index (χ1v) is 10.2. The van der Waals surface area contributed by atoms with Gasteiger partial charge in [0.15, 0.2) is 0 Å². The molecule has 0 spiro atoms. The van der Waals surface area contributed by atoms with Crippen molar-refractivity contribution in [2.24, 2.45) is 0 Å². The zero-order valence-electron chi connectivity index (χ0n) is 16.5. The van der Waals surface area contributed by atoms with Gasteiger partial charge in [0.25, 0.3) is 0 Å². The van der Waals surface area contributed by atoms with E-state index in [1.54, 1.807) is 23.0 Å². The van der Waals surface area contributed by atoms with E-state index in [4.69, 9.17) is 0 Å². The number of amides is 1. The summed E-state index contributed by atoms with van der Waals surface area (Å²) in [7, 11) is 0. The van der Waals surface area contributed by atoms with Crippen LogP contribution in [0.4, 0.5) is 5.69 Å². The standard InChI is InChI=1S/C24H26N4O/c29-24(13-12-21-17-25-28(19-21)23-10-3-1-4-11-23)26-22-9-7-8-20(16-22)18-27-14-5-2-6-15-27/h1,3-4,7-13,16-17,19H,2,5-6,14-15,18H2,(H,26,29)/b13-12+. The largest absolute Gasteiger partial charge is 0.323 e. The summed E-state index contributed by atoms with van der Waals surface area (Å²) >= 11 is 0. The van der Waals surface area contributed by atoms with Crippen LogP contribution in [0.3, 0.4) is 0 Å². The van der Waals surface area contributed by atoms with Gasteiger partial charge in [-0.15, -0.1) is 0 Å². The third kappa shape index (κ3) is 5.42. The SMILES string of the molecule is O=C(/C=C/c1cnn(-c2ccccc2)c1)Nc1cccc(CN2CCCCC2)c1. The number of rotatable bonds is 6. The van der Waals surface area contributed by atoms with E-state index in [2.05, 4.69) is 27.4 Å². The molecule has 1 N–H and O–H groups in total. The van der Waals surface area contributed by atoms with Crippen LogP contribution >= 0.6 is 0 Å². The second-order valence-corrected chi connectivity index (χ2v) is 7.41. The zero-order valence-corrected chi connectivity index (χ0v) is 16.5. The van der Waals surface area contributed by atoms with Crippen LogP contribution in [0.25, 0.3) is 11.8 Å². The van der Waals surface area contributed by atoms with Crippen LogP contribution in [0.1, 0.15) is 30.4 Å². The molecule has 1 aliphatic heterocycles. The number of hydrogen-bond donors (Lipinski definition) is 1. The van der Waals surface area contributed by atoms with Crippen molar-refractivity contribution >= 4 is 17.7 Å². The molecule has 0 aliphatic carbocycles. The predicted octanol–water partition coefficient (Wildman–Crippen LogP) is 4.51. The highest BCUT2D eigenvalue weighted by molar-refractivity contribution is 6.01. The van der Waals surface area contributed by atoms with E-state index < -0.39 is 0 Å². The number of anilines is 1. The monoisotopic (exact) mass is 386 g/mol. The second kappa shape index (κ2) is 9.34. The Hall–Kier alpha value is -3.18.